The lowest BCUT2D eigenvalue weighted by atomic mass is 9.71. The van der Waals surface area contributed by atoms with Gasteiger partial charge in [-0.1, -0.05) is 109 Å². The largest absolute Gasteiger partial charge is 0.494 e. The van der Waals surface area contributed by atoms with Crippen molar-refractivity contribution in [3.63, 3.8) is 0 Å². The predicted octanol–water partition coefficient (Wildman–Crippen LogP) is 18.2. The Balaban J connectivity index is 0.713. The van der Waals surface area contributed by atoms with Crippen LogP contribution < -0.4 is 14.2 Å². The summed E-state index contributed by atoms with van der Waals surface area (Å²) in [7, 11) is 0. The molecule has 446 valence electrons. The first-order chi connectivity index (χ1) is 45.2. The molecule has 3 heterocycles. The first-order valence-corrected chi connectivity index (χ1v) is 31.0. The third kappa shape index (κ3) is 12.5. The molecule has 12 nitrogen and oxygen atoms in total. The van der Waals surface area contributed by atoms with Crippen LogP contribution in [0.3, 0.4) is 0 Å². The highest BCUT2D eigenvalue weighted by molar-refractivity contribution is 6.10. The molecule has 9 aromatic carbocycles. The number of benzene rings is 9. The number of aromatic nitrogens is 3. The summed E-state index contributed by atoms with van der Waals surface area (Å²) in [4.78, 5) is 0. The van der Waals surface area contributed by atoms with Gasteiger partial charge in [-0.2, -0.15) is 31.6 Å². The summed E-state index contributed by atoms with van der Waals surface area (Å²) in [6, 6.07) is 80.6. The zero-order valence-corrected chi connectivity index (χ0v) is 51.0. The topological polar surface area (TPSA) is 185 Å². The normalized spacial score (nSPS) is 11.1. The molecule has 0 aliphatic rings. The van der Waals surface area contributed by atoms with Crippen LogP contribution in [0.15, 0.2) is 217 Å². The van der Waals surface area contributed by atoms with Gasteiger partial charge < -0.3 is 27.9 Å². The molecule has 0 saturated heterocycles. The van der Waals surface area contributed by atoms with Crippen molar-refractivity contribution in [2.45, 2.75) is 70.5 Å². The number of fused-ring (bicyclic) bond motifs is 9. The fraction of sp³-hybridized carbons (Fsp3) is 0.175. The summed E-state index contributed by atoms with van der Waals surface area (Å²) in [6.07, 6.45) is 10.1. The number of hydrogen-bond donors (Lipinski definition) is 0. The maximum atomic E-state index is 9.36. The van der Waals surface area contributed by atoms with Gasteiger partial charge in [-0.05, 0) is 188 Å². The number of unbranched alkanes of at least 4 members (excludes halogenated alkanes) is 3. The fourth-order valence-electron chi connectivity index (χ4n) is 12.8. The van der Waals surface area contributed by atoms with Crippen LogP contribution in [0.1, 0.15) is 78.8 Å². The van der Waals surface area contributed by atoms with Crippen molar-refractivity contribution in [2.75, 3.05) is 19.8 Å². The highest BCUT2D eigenvalue weighted by atomic mass is 16.5. The third-order valence-electron chi connectivity index (χ3n) is 17.5. The summed E-state index contributed by atoms with van der Waals surface area (Å²) in [5, 5.41) is 62.8. The van der Waals surface area contributed by atoms with E-state index in [1.807, 2.05) is 72.8 Å². The van der Waals surface area contributed by atoms with E-state index in [0.717, 1.165) is 174 Å². The van der Waals surface area contributed by atoms with Crippen LogP contribution in [0.25, 0.3) is 83.6 Å². The summed E-state index contributed by atoms with van der Waals surface area (Å²) in [5.41, 5.74) is 12.2. The lowest BCUT2D eigenvalue weighted by Crippen LogP contribution is -2.25. The number of rotatable bonds is 24. The van der Waals surface area contributed by atoms with Crippen molar-refractivity contribution >= 4 is 83.6 Å². The Bertz CT molecular complexity index is 4560. The molecule has 0 atom stereocenters. The molecule has 0 unspecified atom stereocenters. The van der Waals surface area contributed by atoms with Crippen molar-refractivity contribution < 1.29 is 14.2 Å². The van der Waals surface area contributed by atoms with E-state index >= 15 is 0 Å². The quantitative estimate of drug-likeness (QED) is 0.0322. The second-order valence-corrected chi connectivity index (χ2v) is 23.0. The number of nitrogens with zero attached hydrogens (tertiary/aromatic N) is 9. The molecular formula is C80H63N9O3. The molecule has 12 rings (SSSR count). The Labute approximate surface area is 534 Å². The summed E-state index contributed by atoms with van der Waals surface area (Å²) < 4.78 is 26.3. The molecule has 0 bridgehead atoms. The molecule has 0 spiro atoms. The van der Waals surface area contributed by atoms with E-state index in [1.165, 1.54) is 0 Å². The highest BCUT2D eigenvalue weighted by Crippen LogP contribution is 2.41. The molecule has 0 N–H and O–H groups in total. The van der Waals surface area contributed by atoms with Gasteiger partial charge in [0.2, 0.25) is 0 Å². The van der Waals surface area contributed by atoms with Gasteiger partial charge in [0.1, 0.15) is 70.4 Å². The number of hydrogen-bond acceptors (Lipinski definition) is 9. The van der Waals surface area contributed by atoms with Gasteiger partial charge in [-0.3, -0.25) is 0 Å². The van der Waals surface area contributed by atoms with Gasteiger partial charge in [0.05, 0.1) is 19.8 Å². The molecule has 0 fully saturated rings. The minimum absolute atomic E-state index is 0.0734. The Kier molecular flexibility index (Phi) is 18.0. The van der Waals surface area contributed by atoms with Crippen LogP contribution in [0, 0.1) is 68.0 Å². The van der Waals surface area contributed by atoms with Crippen molar-refractivity contribution in [1.29, 1.82) is 31.6 Å². The maximum absolute atomic E-state index is 9.36. The molecule has 0 radical (unpaired) electrons. The van der Waals surface area contributed by atoms with Gasteiger partial charge in [-0.15, -0.1) is 0 Å². The van der Waals surface area contributed by atoms with Gasteiger partial charge in [0.15, 0.2) is 0 Å². The van der Waals surface area contributed by atoms with Crippen LogP contribution in [-0.4, -0.2) is 33.5 Å². The molecule has 0 aliphatic heterocycles. The minimum atomic E-state index is -0.567. The number of allylic oxidation sites excluding steroid dienone is 3. The monoisotopic (exact) mass is 1200 g/mol. The third-order valence-corrected chi connectivity index (χ3v) is 17.5. The van der Waals surface area contributed by atoms with Gasteiger partial charge in [0, 0.05) is 90.5 Å². The SMILES string of the molecule is CC(c1ccc(OCCCCn2c3ccccc3c3cc(C=C(C#N)C#N)ccc32)cc1)(c1ccc(OCCCCn2c3ccccc3c3cc(C=C(C#N)C#N)ccc32)cc1)c1ccc(OCCCCn2c3ccccc3c3cc(C=C(C#N)C#N)ccc32)cc1. The average molecular weight is 1200 g/mol. The van der Waals surface area contributed by atoms with E-state index < -0.39 is 5.41 Å². The smallest absolute Gasteiger partial charge is 0.130 e. The lowest BCUT2D eigenvalue weighted by molar-refractivity contribution is 0.303. The Morgan fingerprint density at radius 2 is 0.587 bits per heavy atom. The average Bonchev–Trinajstić information content (AvgIpc) is 1.83. The first kappa shape index (κ1) is 60.2. The van der Waals surface area contributed by atoms with Crippen LogP contribution in [0.2, 0.25) is 0 Å². The summed E-state index contributed by atoms with van der Waals surface area (Å²) in [6.45, 7) is 6.36. The van der Waals surface area contributed by atoms with E-state index in [-0.39, 0.29) is 16.7 Å². The molecule has 0 aliphatic carbocycles. The van der Waals surface area contributed by atoms with E-state index in [4.69, 9.17) is 14.2 Å². The zero-order valence-electron chi connectivity index (χ0n) is 51.0. The maximum Gasteiger partial charge on any atom is 0.130 e. The van der Waals surface area contributed by atoms with Crippen molar-refractivity contribution in [1.82, 2.24) is 13.7 Å². The fourth-order valence-corrected chi connectivity index (χ4v) is 12.8. The van der Waals surface area contributed by atoms with Gasteiger partial charge >= 0.3 is 0 Å². The predicted molar refractivity (Wildman–Crippen MR) is 365 cm³/mol. The van der Waals surface area contributed by atoms with E-state index in [1.54, 1.807) is 18.2 Å². The van der Waals surface area contributed by atoms with Gasteiger partial charge in [0.25, 0.3) is 0 Å². The molecule has 12 aromatic rings. The lowest BCUT2D eigenvalue weighted by Gasteiger charge is -2.32. The van der Waals surface area contributed by atoms with Crippen molar-refractivity contribution in [3.8, 4) is 53.7 Å². The van der Waals surface area contributed by atoms with Crippen molar-refractivity contribution in [3.05, 3.63) is 250 Å². The minimum Gasteiger partial charge on any atom is -0.494 e. The van der Waals surface area contributed by atoms with E-state index in [9.17, 15) is 31.6 Å². The molecule has 0 amide bonds. The van der Waals surface area contributed by atoms with Gasteiger partial charge in [-0.25, -0.2) is 0 Å². The van der Waals surface area contributed by atoms with Crippen LogP contribution in [-0.2, 0) is 25.0 Å². The first-order valence-electron chi connectivity index (χ1n) is 31.0. The molecular weight excluding hydrogens is 1130 g/mol. The second-order valence-electron chi connectivity index (χ2n) is 23.0. The molecule has 0 saturated carbocycles. The standard InChI is InChI=1S/C80H63N9O3/c1-80(62-23-29-65(30-24-62)90-41-11-8-38-87-74-17-5-2-14-68(74)71-47-56(20-35-77(71)87)44-59(50-81)51-82,63-25-31-66(32-26-63)91-42-12-9-39-88-75-18-6-3-15-69(75)72-48-57(21-36-78(72)88)45-60(52-83)53-84)64-27-33-67(34-28-64)92-43-13-10-40-89-76-19-7-4-16-70(76)73-49-58(22-37-79(73)89)46-61(54-85)55-86/h2-7,14-37,44-49H,8-13,38-43H2,1H3. The van der Waals surface area contributed by atoms with E-state index in [0.29, 0.717) is 19.8 Å². The van der Waals surface area contributed by atoms with Crippen molar-refractivity contribution in [2.24, 2.45) is 0 Å². The van der Waals surface area contributed by atoms with Crippen LogP contribution in [0.5, 0.6) is 17.2 Å². The summed E-state index contributed by atoms with van der Waals surface area (Å²) >= 11 is 0. The molecule has 12 heteroatoms. The summed E-state index contributed by atoms with van der Waals surface area (Å²) in [5.74, 6) is 2.40. The molecule has 3 aromatic heterocycles. The van der Waals surface area contributed by atoms with Crippen LogP contribution in [0.4, 0.5) is 0 Å². The Morgan fingerprint density at radius 3 is 0.859 bits per heavy atom. The van der Waals surface area contributed by atoms with Crippen LogP contribution >= 0.6 is 0 Å². The highest BCUT2D eigenvalue weighted by Gasteiger charge is 2.32. The second kappa shape index (κ2) is 27.5. The van der Waals surface area contributed by atoms with E-state index in [2.05, 4.69) is 184 Å². The zero-order chi connectivity index (χ0) is 63.4. The Hall–Kier alpha value is -12.1. The number of nitriles is 6. The number of aryl methyl sites for hydroxylation is 3. The number of para-hydroxylation sites is 3. The number of ether oxygens (including phenoxy) is 3. The Morgan fingerprint density at radius 1 is 0.326 bits per heavy atom. The molecule has 92 heavy (non-hydrogen) atoms.